The van der Waals surface area contributed by atoms with Crippen molar-refractivity contribution in [3.05, 3.63) is 40.5 Å². The molecule has 1 N–H and O–H groups in total. The third-order valence-corrected chi connectivity index (χ3v) is 3.24. The highest BCUT2D eigenvalue weighted by Crippen LogP contribution is 2.27. The predicted molar refractivity (Wildman–Crippen MR) is 75.8 cm³/mol. The first-order chi connectivity index (χ1) is 9.52. The molecule has 0 atom stereocenters. The SMILES string of the molecule is COc1c(CCC(=O)O)c(C)nn1-c1ccc(Cl)cc1. The van der Waals surface area contributed by atoms with E-state index in [0.717, 1.165) is 16.9 Å². The third-order valence-electron chi connectivity index (χ3n) is 2.99. The average molecular weight is 295 g/mol. The number of rotatable bonds is 5. The Morgan fingerprint density at radius 1 is 1.40 bits per heavy atom. The lowest BCUT2D eigenvalue weighted by molar-refractivity contribution is -0.136. The number of aromatic nitrogens is 2. The van der Waals surface area contributed by atoms with Gasteiger partial charge in [0.25, 0.3) is 0 Å². The molecule has 1 aromatic carbocycles. The normalized spacial score (nSPS) is 10.6. The molecule has 0 aliphatic heterocycles. The highest BCUT2D eigenvalue weighted by Gasteiger charge is 2.17. The minimum atomic E-state index is -0.842. The van der Waals surface area contributed by atoms with Crippen molar-refractivity contribution in [3.63, 3.8) is 0 Å². The van der Waals surface area contributed by atoms with Gasteiger partial charge in [0.05, 0.1) is 18.5 Å². The summed E-state index contributed by atoms with van der Waals surface area (Å²) in [6.45, 7) is 1.84. The van der Waals surface area contributed by atoms with Crippen molar-refractivity contribution < 1.29 is 14.6 Å². The molecule has 1 heterocycles. The molecule has 5 nitrogen and oxygen atoms in total. The lowest BCUT2D eigenvalue weighted by atomic mass is 10.1. The fourth-order valence-electron chi connectivity index (χ4n) is 2.03. The Morgan fingerprint density at radius 3 is 2.60 bits per heavy atom. The van der Waals surface area contributed by atoms with Crippen molar-refractivity contribution in [1.29, 1.82) is 0 Å². The Morgan fingerprint density at radius 2 is 2.05 bits per heavy atom. The van der Waals surface area contributed by atoms with E-state index < -0.39 is 5.97 Å². The number of carbonyl (C=O) groups is 1. The lowest BCUT2D eigenvalue weighted by Crippen LogP contribution is -2.02. The predicted octanol–water partition coefficient (Wildman–Crippen LogP) is 2.86. The van der Waals surface area contributed by atoms with Crippen LogP contribution in [-0.4, -0.2) is 28.0 Å². The molecule has 106 valence electrons. The molecule has 0 radical (unpaired) electrons. The smallest absolute Gasteiger partial charge is 0.303 e. The second kappa shape index (κ2) is 5.96. The molecule has 6 heteroatoms. The Hall–Kier alpha value is -2.01. The van der Waals surface area contributed by atoms with Gasteiger partial charge in [-0.2, -0.15) is 5.10 Å². The van der Waals surface area contributed by atoms with Crippen molar-refractivity contribution in [2.75, 3.05) is 7.11 Å². The number of methoxy groups -OCH3 is 1. The van der Waals surface area contributed by atoms with Crippen LogP contribution in [0, 0.1) is 6.92 Å². The molecule has 20 heavy (non-hydrogen) atoms. The first kappa shape index (κ1) is 14.4. The minimum Gasteiger partial charge on any atom is -0.481 e. The topological polar surface area (TPSA) is 64.3 Å². The monoisotopic (exact) mass is 294 g/mol. The molecule has 0 saturated carbocycles. The number of aliphatic carboxylic acids is 1. The van der Waals surface area contributed by atoms with Crippen LogP contribution in [0.3, 0.4) is 0 Å². The van der Waals surface area contributed by atoms with Crippen LogP contribution in [0.4, 0.5) is 0 Å². The van der Waals surface area contributed by atoms with Crippen LogP contribution < -0.4 is 4.74 Å². The fourth-order valence-corrected chi connectivity index (χ4v) is 2.15. The fraction of sp³-hybridized carbons (Fsp3) is 0.286. The van der Waals surface area contributed by atoms with E-state index >= 15 is 0 Å². The van der Waals surface area contributed by atoms with Crippen molar-refractivity contribution in [1.82, 2.24) is 9.78 Å². The number of aryl methyl sites for hydroxylation is 1. The summed E-state index contributed by atoms with van der Waals surface area (Å²) in [5.74, 6) is -0.281. The summed E-state index contributed by atoms with van der Waals surface area (Å²) in [5.41, 5.74) is 2.39. The van der Waals surface area contributed by atoms with Crippen LogP contribution in [-0.2, 0) is 11.2 Å². The van der Waals surface area contributed by atoms with Crippen molar-refractivity contribution in [2.24, 2.45) is 0 Å². The number of hydrogen-bond acceptors (Lipinski definition) is 3. The first-order valence-electron chi connectivity index (χ1n) is 6.13. The van der Waals surface area contributed by atoms with E-state index in [1.807, 2.05) is 19.1 Å². The van der Waals surface area contributed by atoms with Gasteiger partial charge in [-0.25, -0.2) is 4.68 Å². The van der Waals surface area contributed by atoms with E-state index in [1.54, 1.807) is 23.9 Å². The van der Waals surface area contributed by atoms with Gasteiger partial charge in [0, 0.05) is 17.0 Å². The van der Waals surface area contributed by atoms with Crippen LogP contribution in [0.5, 0.6) is 5.88 Å². The number of carboxylic acids is 1. The van der Waals surface area contributed by atoms with E-state index in [2.05, 4.69) is 5.10 Å². The molecule has 0 bridgehead atoms. The zero-order chi connectivity index (χ0) is 14.7. The van der Waals surface area contributed by atoms with Crippen molar-refractivity contribution >= 4 is 17.6 Å². The molecular formula is C14H15ClN2O3. The molecule has 2 aromatic rings. The van der Waals surface area contributed by atoms with E-state index in [9.17, 15) is 4.79 Å². The minimum absolute atomic E-state index is 0.0451. The van der Waals surface area contributed by atoms with Crippen molar-refractivity contribution in [3.8, 4) is 11.6 Å². The number of halogens is 1. The summed E-state index contributed by atoms with van der Waals surface area (Å²) in [6, 6.07) is 7.20. The van der Waals surface area contributed by atoms with Crippen LogP contribution in [0.15, 0.2) is 24.3 Å². The van der Waals surface area contributed by atoms with Crippen molar-refractivity contribution in [2.45, 2.75) is 19.8 Å². The molecule has 2 rings (SSSR count). The molecule has 0 aliphatic carbocycles. The maximum absolute atomic E-state index is 10.7. The zero-order valence-electron chi connectivity index (χ0n) is 11.3. The highest BCUT2D eigenvalue weighted by molar-refractivity contribution is 6.30. The van der Waals surface area contributed by atoms with E-state index in [0.29, 0.717) is 17.3 Å². The van der Waals surface area contributed by atoms with Gasteiger partial charge >= 0.3 is 5.97 Å². The summed E-state index contributed by atoms with van der Waals surface area (Å²) >= 11 is 5.87. The zero-order valence-corrected chi connectivity index (χ0v) is 12.0. The lowest BCUT2D eigenvalue weighted by Gasteiger charge is -2.07. The second-order valence-electron chi connectivity index (χ2n) is 4.36. The van der Waals surface area contributed by atoms with E-state index in [4.69, 9.17) is 21.4 Å². The second-order valence-corrected chi connectivity index (χ2v) is 4.79. The van der Waals surface area contributed by atoms with Gasteiger partial charge in [0.1, 0.15) is 0 Å². The van der Waals surface area contributed by atoms with Crippen LogP contribution in [0.1, 0.15) is 17.7 Å². The number of hydrogen-bond donors (Lipinski definition) is 1. The first-order valence-corrected chi connectivity index (χ1v) is 6.51. The average Bonchev–Trinajstić information content (AvgIpc) is 2.73. The largest absolute Gasteiger partial charge is 0.481 e. The van der Waals surface area contributed by atoms with E-state index in [1.165, 1.54) is 0 Å². The van der Waals surface area contributed by atoms with Gasteiger partial charge in [-0.05, 0) is 37.6 Å². The maximum atomic E-state index is 10.7. The summed E-state index contributed by atoms with van der Waals surface area (Å²) < 4.78 is 7.04. The quantitative estimate of drug-likeness (QED) is 0.921. The molecule has 0 aliphatic rings. The summed E-state index contributed by atoms with van der Waals surface area (Å²) in [4.78, 5) is 10.7. The van der Waals surface area contributed by atoms with E-state index in [-0.39, 0.29) is 6.42 Å². The molecule has 1 aromatic heterocycles. The number of ether oxygens (including phenoxy) is 1. The van der Waals surface area contributed by atoms with Gasteiger partial charge in [0.2, 0.25) is 5.88 Å². The number of carboxylic acid groups (broad SMARTS) is 1. The summed E-state index contributed by atoms with van der Waals surface area (Å²) in [5, 5.41) is 13.9. The molecule has 0 amide bonds. The van der Waals surface area contributed by atoms with Crippen LogP contribution >= 0.6 is 11.6 Å². The molecule has 0 fully saturated rings. The number of benzene rings is 1. The Bertz CT molecular complexity index is 620. The molecule has 0 unspecified atom stereocenters. The number of nitrogens with zero attached hydrogens (tertiary/aromatic N) is 2. The van der Waals surface area contributed by atoms with Gasteiger partial charge in [-0.15, -0.1) is 0 Å². The molecular weight excluding hydrogens is 280 g/mol. The standard InChI is InChI=1S/C14H15ClN2O3/c1-9-12(7-8-13(18)19)14(20-2)17(16-9)11-5-3-10(15)4-6-11/h3-6H,7-8H2,1-2H3,(H,18,19). The Balaban J connectivity index is 2.41. The van der Waals surface area contributed by atoms with Crippen LogP contribution in [0.2, 0.25) is 5.02 Å². The molecule has 0 spiro atoms. The third kappa shape index (κ3) is 2.93. The Labute approximate surface area is 121 Å². The van der Waals surface area contributed by atoms with Crippen LogP contribution in [0.25, 0.3) is 5.69 Å². The highest BCUT2D eigenvalue weighted by atomic mass is 35.5. The van der Waals surface area contributed by atoms with Gasteiger partial charge in [-0.3, -0.25) is 4.79 Å². The van der Waals surface area contributed by atoms with Gasteiger partial charge in [-0.1, -0.05) is 11.6 Å². The summed E-state index contributed by atoms with van der Waals surface area (Å²) in [7, 11) is 1.55. The van der Waals surface area contributed by atoms with Gasteiger partial charge in [0.15, 0.2) is 0 Å². The summed E-state index contributed by atoms with van der Waals surface area (Å²) in [6.07, 6.45) is 0.432. The molecule has 0 saturated heterocycles. The maximum Gasteiger partial charge on any atom is 0.303 e. The Kier molecular flexibility index (Phi) is 4.29. The van der Waals surface area contributed by atoms with Gasteiger partial charge < -0.3 is 9.84 Å².